The minimum Gasteiger partial charge on any atom is -0.309 e. The summed E-state index contributed by atoms with van der Waals surface area (Å²) in [4.78, 5) is 1.23. The van der Waals surface area contributed by atoms with Gasteiger partial charge in [-0.2, -0.15) is 0 Å². The lowest BCUT2D eigenvalue weighted by molar-refractivity contribution is 0.615. The van der Waals surface area contributed by atoms with E-state index in [1.165, 1.54) is 11.0 Å². The van der Waals surface area contributed by atoms with Crippen molar-refractivity contribution in [2.75, 3.05) is 13.3 Å². The van der Waals surface area contributed by atoms with Crippen molar-refractivity contribution in [1.29, 1.82) is 0 Å². The van der Waals surface area contributed by atoms with Crippen LogP contribution in [0.5, 0.6) is 0 Å². The molecule has 1 unspecified atom stereocenters. The summed E-state index contributed by atoms with van der Waals surface area (Å²) in [5.74, 6) is -0.193. The summed E-state index contributed by atoms with van der Waals surface area (Å²) in [5, 5.41) is 3.27. The van der Waals surface area contributed by atoms with Crippen LogP contribution in [-0.4, -0.2) is 13.3 Å². The van der Waals surface area contributed by atoms with Gasteiger partial charge < -0.3 is 5.32 Å². The second-order valence-electron chi connectivity index (χ2n) is 4.50. The molecule has 1 N–H and O–H groups in total. The van der Waals surface area contributed by atoms with Crippen LogP contribution in [0, 0.1) is 12.7 Å². The van der Waals surface area contributed by atoms with Crippen LogP contribution in [-0.2, 0) is 0 Å². The molecule has 0 aliphatic heterocycles. The van der Waals surface area contributed by atoms with Gasteiger partial charge in [0.15, 0.2) is 0 Å². The van der Waals surface area contributed by atoms with Crippen molar-refractivity contribution in [3.8, 4) is 0 Å². The van der Waals surface area contributed by atoms with Crippen LogP contribution in [0.3, 0.4) is 0 Å². The van der Waals surface area contributed by atoms with Crippen LogP contribution in [0.1, 0.15) is 22.7 Å². The molecule has 0 aliphatic rings. The molecule has 0 spiro atoms. The third-order valence-corrected chi connectivity index (χ3v) is 4.03. The van der Waals surface area contributed by atoms with Gasteiger partial charge in [0.25, 0.3) is 0 Å². The van der Waals surface area contributed by atoms with Crippen LogP contribution in [0.25, 0.3) is 0 Å². The molecule has 0 saturated carbocycles. The molecule has 1 nitrogen and oxygen atoms in total. The minimum atomic E-state index is -0.193. The molecular formula is C16H18FNS. The molecule has 2 aromatic carbocycles. The van der Waals surface area contributed by atoms with E-state index in [2.05, 4.69) is 35.8 Å². The summed E-state index contributed by atoms with van der Waals surface area (Å²) in [6.45, 7) is 2.01. The van der Waals surface area contributed by atoms with E-state index in [4.69, 9.17) is 0 Å². The lowest BCUT2D eigenvalue weighted by atomic mass is 9.95. The standard InChI is InChI=1S/C16H18FNS/c1-11-4-7-13(17)10-15(11)16(18-2)12-5-8-14(19-3)9-6-12/h4-10,16,18H,1-3H3. The minimum absolute atomic E-state index is 0.0200. The molecule has 3 heteroatoms. The van der Waals surface area contributed by atoms with E-state index < -0.39 is 0 Å². The second-order valence-corrected chi connectivity index (χ2v) is 5.38. The number of hydrogen-bond acceptors (Lipinski definition) is 2. The molecular weight excluding hydrogens is 257 g/mol. The van der Waals surface area contributed by atoms with Crippen molar-refractivity contribution in [3.05, 3.63) is 65.0 Å². The fourth-order valence-corrected chi connectivity index (χ4v) is 2.63. The highest BCUT2D eigenvalue weighted by atomic mass is 32.2. The van der Waals surface area contributed by atoms with E-state index in [1.54, 1.807) is 17.8 Å². The average Bonchev–Trinajstić information content (AvgIpc) is 2.44. The highest BCUT2D eigenvalue weighted by Gasteiger charge is 2.14. The van der Waals surface area contributed by atoms with Gasteiger partial charge in [-0.15, -0.1) is 11.8 Å². The highest BCUT2D eigenvalue weighted by molar-refractivity contribution is 7.98. The van der Waals surface area contributed by atoms with Gasteiger partial charge in [-0.05, 0) is 61.2 Å². The van der Waals surface area contributed by atoms with E-state index in [9.17, 15) is 4.39 Å². The molecule has 2 aromatic rings. The number of halogens is 1. The van der Waals surface area contributed by atoms with Gasteiger partial charge >= 0.3 is 0 Å². The number of rotatable bonds is 4. The maximum Gasteiger partial charge on any atom is 0.123 e. The van der Waals surface area contributed by atoms with E-state index in [0.717, 1.165) is 16.7 Å². The van der Waals surface area contributed by atoms with Gasteiger partial charge in [-0.1, -0.05) is 18.2 Å². The topological polar surface area (TPSA) is 12.0 Å². The van der Waals surface area contributed by atoms with Crippen LogP contribution in [0.15, 0.2) is 47.4 Å². The molecule has 100 valence electrons. The smallest absolute Gasteiger partial charge is 0.123 e. The first-order valence-corrected chi connectivity index (χ1v) is 7.45. The van der Waals surface area contributed by atoms with Crippen molar-refractivity contribution in [3.63, 3.8) is 0 Å². The normalized spacial score (nSPS) is 12.4. The van der Waals surface area contributed by atoms with Gasteiger partial charge in [-0.25, -0.2) is 4.39 Å². The van der Waals surface area contributed by atoms with Crippen LogP contribution >= 0.6 is 11.8 Å². The lowest BCUT2D eigenvalue weighted by Gasteiger charge is -2.19. The van der Waals surface area contributed by atoms with E-state index in [-0.39, 0.29) is 11.9 Å². The van der Waals surface area contributed by atoms with Gasteiger partial charge in [0.2, 0.25) is 0 Å². The Morgan fingerprint density at radius 1 is 1.11 bits per heavy atom. The SMILES string of the molecule is CNC(c1ccc(SC)cc1)c1cc(F)ccc1C. The van der Waals surface area contributed by atoms with E-state index in [1.807, 2.05) is 20.0 Å². The molecule has 0 saturated heterocycles. The Morgan fingerprint density at radius 3 is 2.37 bits per heavy atom. The molecule has 0 amide bonds. The van der Waals surface area contributed by atoms with Crippen LogP contribution in [0.4, 0.5) is 4.39 Å². The Kier molecular flexibility index (Phi) is 4.61. The summed E-state index contributed by atoms with van der Waals surface area (Å²) < 4.78 is 13.4. The van der Waals surface area contributed by atoms with Crippen LogP contribution in [0.2, 0.25) is 0 Å². The molecule has 0 heterocycles. The molecule has 19 heavy (non-hydrogen) atoms. The molecule has 2 rings (SSSR count). The quantitative estimate of drug-likeness (QED) is 0.841. The molecule has 0 aliphatic carbocycles. The van der Waals surface area contributed by atoms with Crippen molar-refractivity contribution in [2.24, 2.45) is 0 Å². The third kappa shape index (κ3) is 3.17. The van der Waals surface area contributed by atoms with Crippen molar-refractivity contribution >= 4 is 11.8 Å². The maximum atomic E-state index is 13.4. The van der Waals surface area contributed by atoms with Crippen molar-refractivity contribution in [2.45, 2.75) is 17.9 Å². The molecule has 0 bridgehead atoms. The maximum absolute atomic E-state index is 13.4. The lowest BCUT2D eigenvalue weighted by Crippen LogP contribution is -2.18. The molecule has 0 radical (unpaired) electrons. The fraction of sp³-hybridized carbons (Fsp3) is 0.250. The number of hydrogen-bond donors (Lipinski definition) is 1. The second kappa shape index (κ2) is 6.22. The Hall–Kier alpha value is -1.32. The molecule has 1 atom stereocenters. The van der Waals surface area contributed by atoms with Crippen LogP contribution < -0.4 is 5.32 Å². The fourth-order valence-electron chi connectivity index (χ4n) is 2.22. The van der Waals surface area contributed by atoms with E-state index >= 15 is 0 Å². The van der Waals surface area contributed by atoms with E-state index in [0.29, 0.717) is 0 Å². The van der Waals surface area contributed by atoms with Gasteiger partial charge in [-0.3, -0.25) is 0 Å². The average molecular weight is 275 g/mol. The summed E-state index contributed by atoms with van der Waals surface area (Å²) in [5.41, 5.74) is 3.23. The number of thioether (sulfide) groups is 1. The zero-order chi connectivity index (χ0) is 13.8. The summed E-state index contributed by atoms with van der Waals surface area (Å²) in [6, 6.07) is 13.3. The first kappa shape index (κ1) is 14.1. The predicted octanol–water partition coefficient (Wildman–Crippen LogP) is 4.16. The molecule has 0 aromatic heterocycles. The number of nitrogens with one attached hydrogen (secondary N) is 1. The zero-order valence-electron chi connectivity index (χ0n) is 11.4. The first-order chi connectivity index (χ1) is 9.15. The first-order valence-electron chi connectivity index (χ1n) is 6.23. The van der Waals surface area contributed by atoms with Gasteiger partial charge in [0.1, 0.15) is 5.82 Å². The monoisotopic (exact) mass is 275 g/mol. The Balaban J connectivity index is 2.40. The Morgan fingerprint density at radius 2 is 1.79 bits per heavy atom. The Labute approximate surface area is 118 Å². The Bertz CT molecular complexity index is 551. The number of aryl methyl sites for hydroxylation is 1. The largest absolute Gasteiger partial charge is 0.309 e. The predicted molar refractivity (Wildman–Crippen MR) is 80.3 cm³/mol. The van der Waals surface area contributed by atoms with Gasteiger partial charge in [0, 0.05) is 4.90 Å². The highest BCUT2D eigenvalue weighted by Crippen LogP contribution is 2.27. The summed E-state index contributed by atoms with van der Waals surface area (Å²) in [6.07, 6.45) is 2.06. The zero-order valence-corrected chi connectivity index (χ0v) is 12.2. The summed E-state index contributed by atoms with van der Waals surface area (Å²) >= 11 is 1.72. The van der Waals surface area contributed by atoms with Crippen molar-refractivity contribution < 1.29 is 4.39 Å². The van der Waals surface area contributed by atoms with Gasteiger partial charge in [0.05, 0.1) is 6.04 Å². The molecule has 0 fully saturated rings. The third-order valence-electron chi connectivity index (χ3n) is 3.29. The number of benzene rings is 2. The summed E-state index contributed by atoms with van der Waals surface area (Å²) in [7, 11) is 1.90. The van der Waals surface area contributed by atoms with Crippen molar-refractivity contribution in [1.82, 2.24) is 5.32 Å².